The second kappa shape index (κ2) is 7.75. The van der Waals surface area contributed by atoms with E-state index in [0.29, 0.717) is 17.1 Å². The van der Waals surface area contributed by atoms with Crippen LogP contribution in [-0.2, 0) is 6.54 Å². The van der Waals surface area contributed by atoms with Crippen molar-refractivity contribution in [2.75, 3.05) is 7.05 Å². The predicted octanol–water partition coefficient (Wildman–Crippen LogP) is 4.92. The number of carbonyl (C=O) groups excluding carboxylic acids is 1. The molecule has 1 amide bonds. The van der Waals surface area contributed by atoms with Crippen LogP contribution in [0.4, 0.5) is 0 Å². The van der Waals surface area contributed by atoms with E-state index in [9.17, 15) is 4.79 Å². The van der Waals surface area contributed by atoms with E-state index in [0.717, 1.165) is 16.9 Å². The van der Waals surface area contributed by atoms with Crippen molar-refractivity contribution >= 4 is 17.5 Å². The fourth-order valence-corrected chi connectivity index (χ4v) is 3.24. The maximum absolute atomic E-state index is 13.0. The average Bonchev–Trinajstić information content (AvgIpc) is 3.07. The molecule has 134 valence electrons. The zero-order chi connectivity index (χ0) is 18.7. The van der Waals surface area contributed by atoms with E-state index in [1.807, 2.05) is 61.6 Å². The topological polar surface area (TPSA) is 38.1 Å². The monoisotopic (exact) mass is 367 g/mol. The highest BCUT2D eigenvalue weighted by atomic mass is 35.5. The van der Waals surface area contributed by atoms with Crippen LogP contribution in [0, 0.1) is 0 Å². The Bertz CT molecular complexity index is 903. The Labute approximate surface area is 159 Å². The molecule has 26 heavy (non-hydrogen) atoms. The van der Waals surface area contributed by atoms with Gasteiger partial charge < -0.3 is 4.90 Å². The van der Waals surface area contributed by atoms with E-state index in [1.54, 1.807) is 15.8 Å². The molecule has 3 rings (SSSR count). The number of aromatic nitrogens is 2. The molecule has 0 atom stereocenters. The Morgan fingerprint density at radius 3 is 2.42 bits per heavy atom. The molecule has 5 heteroatoms. The minimum Gasteiger partial charge on any atom is -0.337 e. The Morgan fingerprint density at radius 1 is 1.12 bits per heavy atom. The van der Waals surface area contributed by atoms with Gasteiger partial charge in [0.1, 0.15) is 0 Å². The molecule has 2 aromatic carbocycles. The van der Waals surface area contributed by atoms with Crippen LogP contribution in [-0.4, -0.2) is 27.6 Å². The van der Waals surface area contributed by atoms with Crippen LogP contribution in [0.2, 0.25) is 5.02 Å². The van der Waals surface area contributed by atoms with Gasteiger partial charge in [0.2, 0.25) is 0 Å². The Morgan fingerprint density at radius 2 is 1.77 bits per heavy atom. The zero-order valence-electron chi connectivity index (χ0n) is 15.2. The fourth-order valence-electron chi connectivity index (χ4n) is 3.03. The first-order chi connectivity index (χ1) is 12.5. The lowest BCUT2D eigenvalue weighted by Gasteiger charge is -2.19. The van der Waals surface area contributed by atoms with Gasteiger partial charge >= 0.3 is 0 Å². The number of hydrogen-bond acceptors (Lipinski definition) is 2. The largest absolute Gasteiger partial charge is 0.337 e. The quantitative estimate of drug-likeness (QED) is 0.641. The number of para-hydroxylation sites is 1. The summed E-state index contributed by atoms with van der Waals surface area (Å²) in [4.78, 5) is 14.8. The van der Waals surface area contributed by atoms with Crippen LogP contribution in [0.3, 0.4) is 0 Å². The van der Waals surface area contributed by atoms with Gasteiger partial charge in [-0.3, -0.25) is 4.79 Å². The van der Waals surface area contributed by atoms with Crippen molar-refractivity contribution in [3.63, 3.8) is 0 Å². The summed E-state index contributed by atoms with van der Waals surface area (Å²) in [5.74, 6) is 0.0775. The van der Waals surface area contributed by atoms with Gasteiger partial charge in [0, 0.05) is 13.6 Å². The van der Waals surface area contributed by atoms with Gasteiger partial charge in [-0.15, -0.1) is 0 Å². The molecule has 0 fully saturated rings. The number of rotatable bonds is 5. The molecular formula is C21H22ClN3O. The number of carbonyl (C=O) groups is 1. The third-order valence-corrected chi connectivity index (χ3v) is 4.59. The number of amides is 1. The first-order valence-corrected chi connectivity index (χ1v) is 8.99. The van der Waals surface area contributed by atoms with Gasteiger partial charge in [-0.2, -0.15) is 5.10 Å². The molecular weight excluding hydrogens is 346 g/mol. The SMILES string of the molecule is CC(C)c1c(C(=O)N(C)Cc2ccccc2)cnn1-c1ccccc1Cl. The standard InChI is InChI=1S/C21H22ClN3O/c1-15(2)20-17(13-23-25(20)19-12-8-7-11-18(19)22)21(26)24(3)14-16-9-5-4-6-10-16/h4-13,15H,14H2,1-3H3. The van der Waals surface area contributed by atoms with Gasteiger partial charge in [-0.05, 0) is 23.6 Å². The molecule has 0 saturated heterocycles. The number of benzene rings is 2. The molecule has 4 nitrogen and oxygen atoms in total. The van der Waals surface area contributed by atoms with E-state index < -0.39 is 0 Å². The van der Waals surface area contributed by atoms with Gasteiger partial charge in [0.05, 0.1) is 28.2 Å². The number of halogens is 1. The molecule has 0 radical (unpaired) electrons. The minimum absolute atomic E-state index is 0.0455. The van der Waals surface area contributed by atoms with E-state index in [1.165, 1.54) is 0 Å². The third kappa shape index (κ3) is 3.65. The van der Waals surface area contributed by atoms with Crippen molar-refractivity contribution in [3.8, 4) is 5.69 Å². The van der Waals surface area contributed by atoms with Gasteiger partial charge in [-0.25, -0.2) is 4.68 Å². The maximum Gasteiger partial charge on any atom is 0.257 e. The molecule has 0 unspecified atom stereocenters. The zero-order valence-corrected chi connectivity index (χ0v) is 15.9. The fraction of sp³-hybridized carbons (Fsp3) is 0.238. The van der Waals surface area contributed by atoms with E-state index >= 15 is 0 Å². The third-order valence-electron chi connectivity index (χ3n) is 4.27. The highest BCUT2D eigenvalue weighted by molar-refractivity contribution is 6.32. The molecule has 0 N–H and O–H groups in total. The molecule has 1 heterocycles. The second-order valence-electron chi connectivity index (χ2n) is 6.61. The van der Waals surface area contributed by atoms with Crippen LogP contribution in [0.5, 0.6) is 0 Å². The number of nitrogens with zero attached hydrogens (tertiary/aromatic N) is 3. The van der Waals surface area contributed by atoms with E-state index in [4.69, 9.17) is 11.6 Å². The lowest BCUT2D eigenvalue weighted by atomic mass is 10.0. The maximum atomic E-state index is 13.0. The summed E-state index contributed by atoms with van der Waals surface area (Å²) in [5.41, 5.74) is 3.34. The van der Waals surface area contributed by atoms with Gasteiger partial charge in [0.15, 0.2) is 0 Å². The Kier molecular flexibility index (Phi) is 5.43. The molecule has 0 aliphatic rings. The van der Waals surface area contributed by atoms with Crippen LogP contribution in [0.1, 0.15) is 41.4 Å². The summed E-state index contributed by atoms with van der Waals surface area (Å²) < 4.78 is 1.77. The van der Waals surface area contributed by atoms with Crippen LogP contribution >= 0.6 is 11.6 Å². The first kappa shape index (κ1) is 18.2. The molecule has 0 spiro atoms. The molecule has 0 aliphatic heterocycles. The van der Waals surface area contributed by atoms with Crippen molar-refractivity contribution < 1.29 is 4.79 Å². The summed E-state index contributed by atoms with van der Waals surface area (Å²) in [6.45, 7) is 4.66. The van der Waals surface area contributed by atoms with Crippen LogP contribution in [0.25, 0.3) is 5.69 Å². The summed E-state index contributed by atoms with van der Waals surface area (Å²) in [7, 11) is 1.81. The molecule has 0 bridgehead atoms. The van der Waals surface area contributed by atoms with Crippen molar-refractivity contribution in [1.29, 1.82) is 0 Å². The van der Waals surface area contributed by atoms with Crippen LogP contribution in [0.15, 0.2) is 60.8 Å². The molecule has 0 aliphatic carbocycles. The lowest BCUT2D eigenvalue weighted by Crippen LogP contribution is -2.27. The van der Waals surface area contributed by atoms with Crippen molar-refractivity contribution in [1.82, 2.24) is 14.7 Å². The van der Waals surface area contributed by atoms with Crippen molar-refractivity contribution in [2.24, 2.45) is 0 Å². The Balaban J connectivity index is 1.95. The van der Waals surface area contributed by atoms with E-state index in [-0.39, 0.29) is 11.8 Å². The van der Waals surface area contributed by atoms with Gasteiger partial charge in [-0.1, -0.05) is 67.9 Å². The highest BCUT2D eigenvalue weighted by Crippen LogP contribution is 2.27. The first-order valence-electron chi connectivity index (χ1n) is 8.61. The lowest BCUT2D eigenvalue weighted by molar-refractivity contribution is 0.0783. The smallest absolute Gasteiger partial charge is 0.257 e. The number of hydrogen-bond donors (Lipinski definition) is 0. The predicted molar refractivity (Wildman–Crippen MR) is 105 cm³/mol. The summed E-state index contributed by atoms with van der Waals surface area (Å²) in [6, 6.07) is 17.5. The van der Waals surface area contributed by atoms with Crippen molar-refractivity contribution in [2.45, 2.75) is 26.3 Å². The Hall–Kier alpha value is -2.59. The van der Waals surface area contributed by atoms with Crippen molar-refractivity contribution in [3.05, 3.63) is 82.6 Å². The average molecular weight is 368 g/mol. The van der Waals surface area contributed by atoms with Gasteiger partial charge in [0.25, 0.3) is 5.91 Å². The normalized spacial score (nSPS) is 11.0. The minimum atomic E-state index is -0.0455. The molecule has 1 aromatic heterocycles. The highest BCUT2D eigenvalue weighted by Gasteiger charge is 2.24. The summed E-state index contributed by atoms with van der Waals surface area (Å²) in [5, 5.41) is 5.07. The van der Waals surface area contributed by atoms with Crippen LogP contribution < -0.4 is 0 Å². The molecule has 3 aromatic rings. The van der Waals surface area contributed by atoms with E-state index in [2.05, 4.69) is 18.9 Å². The molecule has 0 saturated carbocycles. The second-order valence-corrected chi connectivity index (χ2v) is 7.02. The summed E-state index contributed by atoms with van der Waals surface area (Å²) in [6.07, 6.45) is 1.64. The summed E-state index contributed by atoms with van der Waals surface area (Å²) >= 11 is 6.34.